The van der Waals surface area contributed by atoms with E-state index >= 15 is 0 Å². The molecule has 1 aromatic carbocycles. The number of nitrogens with zero attached hydrogens (tertiary/aromatic N) is 2. The molecule has 0 radical (unpaired) electrons. The van der Waals surface area contributed by atoms with Gasteiger partial charge in [0.15, 0.2) is 0 Å². The Morgan fingerprint density at radius 1 is 1.12 bits per heavy atom. The Morgan fingerprint density at radius 2 is 1.83 bits per heavy atom. The smallest absolute Gasteiger partial charge is 0.248 e. The van der Waals surface area contributed by atoms with E-state index in [0.29, 0.717) is 24.0 Å². The van der Waals surface area contributed by atoms with Crippen LogP contribution in [0.15, 0.2) is 18.2 Å². The molecular weight excluding hydrogens is 538 g/mol. The average Bonchev–Trinajstić information content (AvgIpc) is 3.82. The lowest BCUT2D eigenvalue weighted by Crippen LogP contribution is -2.39. The SMILES string of the molecule is C[Si](C)(C)CCOCn1c([C@@H](N)C2CCC3(CC2)CC3)nc2cc([C@H](NC(=O)CC3CC(F)(F)C3)C3CC3)ccc21. The highest BCUT2D eigenvalue weighted by atomic mass is 28.3. The van der Waals surface area contributed by atoms with Gasteiger partial charge in [0.25, 0.3) is 0 Å². The minimum atomic E-state index is -2.60. The number of hydrogen-bond donors (Lipinski definition) is 2. The summed E-state index contributed by atoms with van der Waals surface area (Å²) in [4.78, 5) is 17.9. The number of amides is 1. The summed E-state index contributed by atoms with van der Waals surface area (Å²) in [5.41, 5.74) is 10.5. The molecule has 2 atom stereocenters. The first-order chi connectivity index (χ1) is 19.4. The molecule has 0 bridgehead atoms. The molecule has 4 aliphatic rings. The number of rotatable bonds is 12. The molecule has 1 heterocycles. The van der Waals surface area contributed by atoms with Crippen LogP contribution in [0, 0.1) is 23.2 Å². The number of nitrogens with two attached hydrogens (primary N) is 1. The molecule has 0 aliphatic heterocycles. The third kappa shape index (κ3) is 6.88. The van der Waals surface area contributed by atoms with Crippen LogP contribution in [-0.4, -0.2) is 36.1 Å². The van der Waals surface area contributed by atoms with Gasteiger partial charge in [-0.25, -0.2) is 13.8 Å². The Kier molecular flexibility index (Phi) is 7.86. The van der Waals surface area contributed by atoms with Gasteiger partial charge in [0.1, 0.15) is 12.6 Å². The Bertz CT molecular complexity index is 1250. The number of benzene rings is 1. The topological polar surface area (TPSA) is 82.2 Å². The van der Waals surface area contributed by atoms with Gasteiger partial charge in [-0.2, -0.15) is 0 Å². The monoisotopic (exact) mass is 586 g/mol. The number of aromatic nitrogens is 2. The molecule has 1 aromatic heterocycles. The normalized spacial score (nSPS) is 23.9. The van der Waals surface area contributed by atoms with E-state index in [4.69, 9.17) is 15.5 Å². The number of carbonyl (C=O) groups excluding carboxylic acids is 1. The van der Waals surface area contributed by atoms with Crippen molar-refractivity contribution in [3.8, 4) is 0 Å². The van der Waals surface area contributed by atoms with Gasteiger partial charge >= 0.3 is 0 Å². The molecule has 3 N–H and O–H groups in total. The number of nitrogens with one attached hydrogen (secondary N) is 1. The summed E-state index contributed by atoms with van der Waals surface area (Å²) in [5.74, 6) is -1.24. The van der Waals surface area contributed by atoms with Crippen LogP contribution in [0.4, 0.5) is 8.78 Å². The zero-order valence-electron chi connectivity index (χ0n) is 25.1. The number of alkyl halides is 2. The fourth-order valence-electron chi connectivity index (χ4n) is 7.11. The summed E-state index contributed by atoms with van der Waals surface area (Å²) < 4.78 is 35.0. The van der Waals surface area contributed by atoms with Gasteiger partial charge in [0.2, 0.25) is 11.8 Å². The lowest BCUT2D eigenvalue weighted by molar-refractivity contribution is -0.134. The van der Waals surface area contributed by atoms with Gasteiger partial charge in [-0.1, -0.05) is 25.7 Å². The summed E-state index contributed by atoms with van der Waals surface area (Å²) in [6.07, 6.45) is 9.58. The van der Waals surface area contributed by atoms with Crippen molar-refractivity contribution in [3.63, 3.8) is 0 Å². The molecule has 1 amide bonds. The number of hydrogen-bond acceptors (Lipinski definition) is 4. The third-order valence-corrected chi connectivity index (χ3v) is 12.0. The quantitative estimate of drug-likeness (QED) is 0.202. The van der Waals surface area contributed by atoms with Crippen molar-refractivity contribution < 1.29 is 18.3 Å². The van der Waals surface area contributed by atoms with E-state index in [-0.39, 0.29) is 43.2 Å². The molecule has 41 heavy (non-hydrogen) atoms. The van der Waals surface area contributed by atoms with Gasteiger partial charge in [0, 0.05) is 33.9 Å². The summed E-state index contributed by atoms with van der Waals surface area (Å²) in [5, 5.41) is 3.19. The number of imidazole rings is 1. The Balaban J connectivity index is 1.21. The second-order valence-corrected chi connectivity index (χ2v) is 20.7. The third-order valence-electron chi connectivity index (χ3n) is 10.3. The Labute approximate surface area is 244 Å². The van der Waals surface area contributed by atoms with E-state index in [1.807, 2.05) is 0 Å². The fraction of sp³-hybridized carbons (Fsp3) is 0.750. The molecule has 4 fully saturated rings. The molecular formula is C32H48F2N4O2Si. The summed E-state index contributed by atoms with van der Waals surface area (Å²) >= 11 is 0. The summed E-state index contributed by atoms with van der Waals surface area (Å²) in [6, 6.07) is 7.15. The highest BCUT2D eigenvalue weighted by molar-refractivity contribution is 6.76. The first kappa shape index (κ1) is 29.2. The van der Waals surface area contributed by atoms with Gasteiger partial charge in [0.05, 0.1) is 23.1 Å². The first-order valence-corrected chi connectivity index (χ1v) is 19.6. The lowest BCUT2D eigenvalue weighted by Gasteiger charge is -2.34. The van der Waals surface area contributed by atoms with Gasteiger partial charge in [-0.05, 0) is 98.3 Å². The van der Waals surface area contributed by atoms with E-state index in [0.717, 1.165) is 60.8 Å². The van der Waals surface area contributed by atoms with E-state index in [1.54, 1.807) is 0 Å². The summed E-state index contributed by atoms with van der Waals surface area (Å²) in [6.45, 7) is 8.25. The minimum absolute atomic E-state index is 0.115. The van der Waals surface area contributed by atoms with Crippen LogP contribution in [0.3, 0.4) is 0 Å². The molecule has 9 heteroatoms. The second kappa shape index (κ2) is 11.0. The maximum Gasteiger partial charge on any atom is 0.248 e. The molecule has 226 valence electrons. The number of fused-ring (bicyclic) bond motifs is 1. The van der Waals surface area contributed by atoms with Crippen LogP contribution in [-0.2, 0) is 16.3 Å². The van der Waals surface area contributed by atoms with Crippen molar-refractivity contribution in [2.75, 3.05) is 6.61 Å². The van der Waals surface area contributed by atoms with E-state index in [1.165, 1.54) is 25.7 Å². The Hall–Kier alpha value is -1.84. The number of halogens is 2. The van der Waals surface area contributed by atoms with Crippen LogP contribution in [0.1, 0.15) is 94.1 Å². The van der Waals surface area contributed by atoms with Crippen LogP contribution in [0.2, 0.25) is 25.7 Å². The van der Waals surface area contributed by atoms with Gasteiger partial charge in [-0.3, -0.25) is 4.79 Å². The zero-order valence-corrected chi connectivity index (χ0v) is 26.1. The number of carbonyl (C=O) groups is 1. The van der Waals surface area contributed by atoms with Crippen molar-refractivity contribution in [3.05, 3.63) is 29.6 Å². The van der Waals surface area contributed by atoms with Crippen LogP contribution in [0.25, 0.3) is 11.0 Å². The second-order valence-electron chi connectivity index (χ2n) is 15.1. The van der Waals surface area contributed by atoms with Gasteiger partial charge < -0.3 is 20.4 Å². The summed E-state index contributed by atoms with van der Waals surface area (Å²) in [7, 11) is -1.20. The molecule has 4 saturated carbocycles. The van der Waals surface area contributed by atoms with Crippen molar-refractivity contribution in [2.45, 2.75) is 121 Å². The van der Waals surface area contributed by atoms with Crippen LogP contribution < -0.4 is 11.1 Å². The largest absolute Gasteiger partial charge is 0.361 e. The predicted octanol–water partition coefficient (Wildman–Crippen LogP) is 7.32. The molecule has 0 unspecified atom stereocenters. The van der Waals surface area contributed by atoms with E-state index < -0.39 is 14.0 Å². The highest BCUT2D eigenvalue weighted by Crippen LogP contribution is 2.58. The molecule has 1 spiro atoms. The van der Waals surface area contributed by atoms with Gasteiger partial charge in [-0.15, -0.1) is 0 Å². The molecule has 2 aromatic rings. The van der Waals surface area contributed by atoms with Crippen molar-refractivity contribution in [1.82, 2.24) is 14.9 Å². The molecule has 6 nitrogen and oxygen atoms in total. The highest BCUT2D eigenvalue weighted by Gasteiger charge is 2.47. The zero-order chi connectivity index (χ0) is 29.0. The number of ether oxygens (including phenoxy) is 1. The molecule has 6 rings (SSSR count). The maximum atomic E-state index is 13.3. The lowest BCUT2D eigenvalue weighted by atomic mass is 9.76. The van der Waals surface area contributed by atoms with Crippen molar-refractivity contribution in [1.29, 1.82) is 0 Å². The van der Waals surface area contributed by atoms with Crippen molar-refractivity contribution >= 4 is 25.0 Å². The minimum Gasteiger partial charge on any atom is -0.361 e. The first-order valence-electron chi connectivity index (χ1n) is 15.9. The van der Waals surface area contributed by atoms with Crippen LogP contribution >= 0.6 is 0 Å². The average molecular weight is 587 g/mol. The fourth-order valence-corrected chi connectivity index (χ4v) is 7.87. The van der Waals surface area contributed by atoms with Crippen LogP contribution in [0.5, 0.6) is 0 Å². The maximum absolute atomic E-state index is 13.3. The molecule has 4 aliphatic carbocycles. The molecule has 0 saturated heterocycles. The standard InChI is InChI=1S/C32H48F2N4O2Si/c1-41(2,3)15-14-40-20-38-26-7-6-24(29(23-4-5-23)37-27(39)16-21-18-32(33,34)19-21)17-25(26)36-30(38)28(35)22-8-10-31(11-9-22)12-13-31/h6-7,17,21-23,28-29H,4-5,8-16,18-20,35H2,1-3H3,(H,37,39)/t28-,29+/m0/s1. The van der Waals surface area contributed by atoms with E-state index in [9.17, 15) is 13.6 Å². The Morgan fingerprint density at radius 3 is 2.44 bits per heavy atom. The van der Waals surface area contributed by atoms with Crippen molar-refractivity contribution in [2.24, 2.45) is 28.9 Å². The predicted molar refractivity (Wildman–Crippen MR) is 160 cm³/mol. The van der Waals surface area contributed by atoms with E-state index in [2.05, 4.69) is 47.7 Å².